The molecule has 0 N–H and O–H groups in total. The summed E-state index contributed by atoms with van der Waals surface area (Å²) >= 11 is 12.2. The van der Waals surface area contributed by atoms with Crippen LogP contribution >= 0.6 is 40.2 Å². The van der Waals surface area contributed by atoms with Gasteiger partial charge in [0.25, 0.3) is 0 Å². The Bertz CT molecular complexity index is 265. The van der Waals surface area contributed by atoms with Crippen molar-refractivity contribution in [1.29, 1.82) is 0 Å². The number of nitrogens with zero attached hydrogens (tertiary/aromatic N) is 2. The highest BCUT2D eigenvalue weighted by Crippen LogP contribution is 2.58. The van der Waals surface area contributed by atoms with Gasteiger partial charge in [-0.1, -0.05) is 11.8 Å². The monoisotopic (exact) mass is 276 g/mol. The summed E-state index contributed by atoms with van der Waals surface area (Å²) in [6, 6.07) is 0. The molecule has 0 unspecified atom stereocenters. The van der Waals surface area contributed by atoms with E-state index in [1.807, 2.05) is 11.2 Å². The van der Waals surface area contributed by atoms with Crippen LogP contribution in [-0.2, 0) is 9.30 Å². The van der Waals surface area contributed by atoms with Crippen LogP contribution in [0.15, 0.2) is 4.76 Å². The summed E-state index contributed by atoms with van der Waals surface area (Å²) in [6.07, 6.45) is 1.84. The van der Waals surface area contributed by atoms with E-state index in [9.17, 15) is 4.57 Å². The predicted octanol–water partition coefficient (Wildman–Crippen LogP) is 2.62. The van der Waals surface area contributed by atoms with Gasteiger partial charge in [-0.05, 0) is 28.7 Å². The Labute approximate surface area is 97.0 Å². The Hall–Kier alpha value is 0.590. The Morgan fingerprint density at radius 1 is 1.50 bits per heavy atom. The Morgan fingerprint density at radius 3 is 2.50 bits per heavy atom. The number of thioether (sulfide) groups is 1. The average Bonchev–Trinajstić information content (AvgIpc) is 2.14. The fourth-order valence-corrected chi connectivity index (χ4v) is 3.22. The highest BCUT2D eigenvalue weighted by Gasteiger charge is 2.19. The molecule has 8 heteroatoms. The van der Waals surface area contributed by atoms with E-state index < -0.39 is 6.00 Å². The van der Waals surface area contributed by atoms with E-state index in [0.29, 0.717) is 18.4 Å². The molecular formula is C6H11Cl2N2O2PS. The van der Waals surface area contributed by atoms with Crippen molar-refractivity contribution in [2.24, 2.45) is 4.76 Å². The summed E-state index contributed by atoms with van der Waals surface area (Å²) in [5.41, 5.74) is 0. The molecule has 0 aliphatic carbocycles. The number of morpholine rings is 1. The maximum atomic E-state index is 11.1. The van der Waals surface area contributed by atoms with E-state index >= 15 is 0 Å². The van der Waals surface area contributed by atoms with Crippen LogP contribution in [0, 0.1) is 0 Å². The molecule has 0 aromatic rings. The van der Waals surface area contributed by atoms with Gasteiger partial charge < -0.3 is 9.64 Å². The van der Waals surface area contributed by atoms with Crippen molar-refractivity contribution in [3.63, 3.8) is 0 Å². The van der Waals surface area contributed by atoms with Crippen LogP contribution in [0.1, 0.15) is 0 Å². The van der Waals surface area contributed by atoms with E-state index in [-0.39, 0.29) is 0 Å². The maximum absolute atomic E-state index is 11.1. The number of hydrogen-bond acceptors (Lipinski definition) is 3. The van der Waals surface area contributed by atoms with E-state index in [2.05, 4.69) is 4.76 Å². The smallest absolute Gasteiger partial charge is 0.366 e. The predicted molar refractivity (Wildman–Crippen MR) is 62.7 cm³/mol. The second-order valence-electron chi connectivity index (χ2n) is 2.62. The zero-order chi connectivity index (χ0) is 10.6. The Balaban J connectivity index is 2.69. The first-order chi connectivity index (χ1) is 6.53. The molecule has 0 aromatic carbocycles. The van der Waals surface area contributed by atoms with Crippen LogP contribution in [0.25, 0.3) is 0 Å². The van der Waals surface area contributed by atoms with E-state index in [4.69, 9.17) is 27.2 Å². The molecule has 0 bridgehead atoms. The minimum absolute atomic E-state index is 0.613. The van der Waals surface area contributed by atoms with E-state index in [0.717, 1.165) is 13.1 Å². The summed E-state index contributed by atoms with van der Waals surface area (Å²) in [7, 11) is 0. The third-order valence-corrected chi connectivity index (χ3v) is 3.39. The number of amidine groups is 1. The van der Waals surface area contributed by atoms with Crippen molar-refractivity contribution in [3.8, 4) is 0 Å². The molecule has 4 nitrogen and oxygen atoms in total. The second-order valence-corrected chi connectivity index (χ2v) is 7.73. The molecule has 1 rings (SSSR count). The third kappa shape index (κ3) is 4.41. The minimum atomic E-state index is -3.38. The van der Waals surface area contributed by atoms with Gasteiger partial charge in [-0.15, -0.1) is 0 Å². The van der Waals surface area contributed by atoms with Crippen molar-refractivity contribution < 1.29 is 9.30 Å². The Kier molecular flexibility index (Phi) is 5.08. The zero-order valence-electron chi connectivity index (χ0n) is 7.65. The molecule has 1 aliphatic rings. The molecule has 0 radical (unpaired) electrons. The van der Waals surface area contributed by atoms with Gasteiger partial charge in [0.15, 0.2) is 5.17 Å². The molecule has 1 saturated heterocycles. The molecule has 14 heavy (non-hydrogen) atoms. The lowest BCUT2D eigenvalue weighted by molar-refractivity contribution is 0.0694. The average molecular weight is 277 g/mol. The van der Waals surface area contributed by atoms with Gasteiger partial charge in [0.1, 0.15) is 0 Å². The lowest BCUT2D eigenvalue weighted by Crippen LogP contribution is -2.39. The van der Waals surface area contributed by atoms with Gasteiger partial charge in [-0.2, -0.15) is 4.76 Å². The summed E-state index contributed by atoms with van der Waals surface area (Å²) in [6.45, 7) is 2.75. The lowest BCUT2D eigenvalue weighted by Gasteiger charge is -2.28. The van der Waals surface area contributed by atoms with Gasteiger partial charge in [-0.3, -0.25) is 4.57 Å². The minimum Gasteiger partial charge on any atom is -0.378 e. The summed E-state index contributed by atoms with van der Waals surface area (Å²) in [4.78, 5) is 1.96. The molecular weight excluding hydrogens is 266 g/mol. The normalized spacial score (nSPS) is 19.9. The van der Waals surface area contributed by atoms with Gasteiger partial charge >= 0.3 is 6.00 Å². The number of hydrogen-bond donors (Lipinski definition) is 0. The molecule has 82 valence electrons. The largest absolute Gasteiger partial charge is 0.378 e. The van der Waals surface area contributed by atoms with Crippen molar-refractivity contribution in [1.82, 2.24) is 4.90 Å². The lowest BCUT2D eigenvalue weighted by atomic mass is 10.5. The van der Waals surface area contributed by atoms with Crippen molar-refractivity contribution >= 4 is 45.4 Å². The summed E-state index contributed by atoms with van der Waals surface area (Å²) in [5, 5.41) is 0.613. The molecule has 1 fully saturated rings. The summed E-state index contributed by atoms with van der Waals surface area (Å²) in [5.74, 6) is -3.38. The fourth-order valence-electron chi connectivity index (χ4n) is 1.09. The first-order valence-corrected chi connectivity index (χ1v) is 8.68. The van der Waals surface area contributed by atoms with Crippen LogP contribution in [0.4, 0.5) is 0 Å². The second kappa shape index (κ2) is 5.61. The third-order valence-electron chi connectivity index (χ3n) is 1.67. The van der Waals surface area contributed by atoms with Gasteiger partial charge in [0.2, 0.25) is 0 Å². The molecule has 0 amide bonds. The van der Waals surface area contributed by atoms with E-state index in [1.165, 1.54) is 11.8 Å². The SMILES string of the molecule is CSC(=NP(=O)(Cl)Cl)N1CCOCC1. The number of rotatable bonds is 1. The van der Waals surface area contributed by atoms with Crippen LogP contribution in [0.2, 0.25) is 0 Å². The molecule has 1 aliphatic heterocycles. The van der Waals surface area contributed by atoms with Gasteiger partial charge in [-0.25, -0.2) is 0 Å². The quantitative estimate of drug-likeness (QED) is 0.420. The molecule has 0 atom stereocenters. The molecule has 0 spiro atoms. The maximum Gasteiger partial charge on any atom is 0.366 e. The highest BCUT2D eigenvalue weighted by molar-refractivity contribution is 8.14. The van der Waals surface area contributed by atoms with Crippen molar-refractivity contribution in [2.45, 2.75) is 0 Å². The Morgan fingerprint density at radius 2 is 2.07 bits per heavy atom. The van der Waals surface area contributed by atoms with Crippen molar-refractivity contribution in [2.75, 3.05) is 32.6 Å². The molecule has 1 heterocycles. The van der Waals surface area contributed by atoms with Crippen molar-refractivity contribution in [3.05, 3.63) is 0 Å². The topological polar surface area (TPSA) is 41.9 Å². The number of halogens is 2. The highest BCUT2D eigenvalue weighted by atomic mass is 35.9. The van der Waals surface area contributed by atoms with Crippen LogP contribution in [0.5, 0.6) is 0 Å². The molecule has 0 aromatic heterocycles. The van der Waals surface area contributed by atoms with Crippen LogP contribution < -0.4 is 0 Å². The first-order valence-electron chi connectivity index (χ1n) is 3.99. The van der Waals surface area contributed by atoms with E-state index in [1.54, 1.807) is 0 Å². The number of ether oxygens (including phenoxy) is 1. The standard InChI is InChI=1S/C6H11Cl2N2O2PS/c1-14-6(9-13(7,8)11)10-2-4-12-5-3-10/h2-5H2,1H3. The van der Waals surface area contributed by atoms with Gasteiger partial charge in [0, 0.05) is 13.1 Å². The zero-order valence-corrected chi connectivity index (χ0v) is 10.9. The molecule has 0 saturated carbocycles. The van der Waals surface area contributed by atoms with Gasteiger partial charge in [0.05, 0.1) is 13.2 Å². The summed E-state index contributed by atoms with van der Waals surface area (Å²) < 4.78 is 20.1. The van der Waals surface area contributed by atoms with Crippen LogP contribution in [0.3, 0.4) is 0 Å². The fraction of sp³-hybridized carbons (Fsp3) is 0.833. The van der Waals surface area contributed by atoms with Crippen LogP contribution in [-0.4, -0.2) is 42.6 Å². The first kappa shape index (κ1) is 12.7.